The number of pyridine rings is 1. The Kier molecular flexibility index (Phi) is 4.22. The maximum atomic E-state index is 9.51. The molecule has 0 saturated carbocycles. The quantitative estimate of drug-likeness (QED) is 0.838. The van der Waals surface area contributed by atoms with Gasteiger partial charge in [0.2, 0.25) is 0 Å². The third-order valence-electron chi connectivity index (χ3n) is 3.59. The number of hydrogen-bond donors (Lipinski definition) is 2. The summed E-state index contributed by atoms with van der Waals surface area (Å²) in [4.78, 5) is 4.41. The number of imidazole rings is 1. The summed E-state index contributed by atoms with van der Waals surface area (Å²) >= 11 is 0. The largest absolute Gasteiger partial charge is 0.394 e. The van der Waals surface area contributed by atoms with E-state index in [1.165, 1.54) is 5.56 Å². The van der Waals surface area contributed by atoms with Gasteiger partial charge < -0.3 is 14.8 Å². The molecule has 0 aromatic carbocycles. The second-order valence-corrected chi connectivity index (χ2v) is 5.50. The Morgan fingerprint density at radius 3 is 2.95 bits per heavy atom. The zero-order chi connectivity index (χ0) is 13.9. The molecule has 0 aliphatic carbocycles. The molecular weight excluding hydrogens is 238 g/mol. The number of aromatic nitrogens is 2. The van der Waals surface area contributed by atoms with Gasteiger partial charge in [-0.15, -0.1) is 0 Å². The van der Waals surface area contributed by atoms with E-state index in [1.807, 2.05) is 12.4 Å². The molecule has 0 fully saturated rings. The predicted octanol–water partition coefficient (Wildman–Crippen LogP) is 2.28. The Morgan fingerprint density at radius 2 is 2.26 bits per heavy atom. The lowest BCUT2D eigenvalue weighted by Crippen LogP contribution is -2.45. The SMILES string of the molecule is CCCC(C)(CO)NCc1cnc2cc(C)ccn12. The molecule has 1 atom stereocenters. The lowest BCUT2D eigenvalue weighted by Gasteiger charge is -2.28. The second-order valence-electron chi connectivity index (χ2n) is 5.50. The van der Waals surface area contributed by atoms with E-state index in [1.54, 1.807) is 0 Å². The third-order valence-corrected chi connectivity index (χ3v) is 3.59. The van der Waals surface area contributed by atoms with Crippen molar-refractivity contribution in [3.05, 3.63) is 35.8 Å². The number of rotatable bonds is 6. The summed E-state index contributed by atoms with van der Waals surface area (Å²) < 4.78 is 2.09. The lowest BCUT2D eigenvalue weighted by molar-refractivity contribution is 0.163. The second kappa shape index (κ2) is 5.72. The Balaban J connectivity index is 2.13. The fourth-order valence-electron chi connectivity index (χ4n) is 2.34. The Morgan fingerprint density at radius 1 is 1.47 bits per heavy atom. The normalized spacial score (nSPS) is 14.7. The topological polar surface area (TPSA) is 49.6 Å². The van der Waals surface area contributed by atoms with Gasteiger partial charge in [0.15, 0.2) is 0 Å². The smallest absolute Gasteiger partial charge is 0.137 e. The molecule has 2 heterocycles. The number of aryl methyl sites for hydroxylation is 1. The number of fused-ring (bicyclic) bond motifs is 1. The Bertz CT molecular complexity index is 549. The van der Waals surface area contributed by atoms with Gasteiger partial charge in [0.1, 0.15) is 5.65 Å². The highest BCUT2D eigenvalue weighted by Gasteiger charge is 2.21. The number of hydrogen-bond acceptors (Lipinski definition) is 3. The van der Waals surface area contributed by atoms with Gasteiger partial charge in [-0.05, 0) is 38.0 Å². The van der Waals surface area contributed by atoms with Crippen molar-refractivity contribution in [2.24, 2.45) is 0 Å². The molecule has 4 nitrogen and oxygen atoms in total. The van der Waals surface area contributed by atoms with Gasteiger partial charge >= 0.3 is 0 Å². The van der Waals surface area contributed by atoms with Crippen LogP contribution in [0.4, 0.5) is 0 Å². The lowest BCUT2D eigenvalue weighted by atomic mass is 9.97. The van der Waals surface area contributed by atoms with Crippen LogP contribution in [0.1, 0.15) is 37.9 Å². The van der Waals surface area contributed by atoms with Crippen LogP contribution < -0.4 is 5.32 Å². The average Bonchev–Trinajstić information content (AvgIpc) is 2.79. The molecule has 0 aliphatic rings. The molecule has 0 saturated heterocycles. The molecule has 4 heteroatoms. The van der Waals surface area contributed by atoms with Crippen LogP contribution in [0.15, 0.2) is 24.5 Å². The predicted molar refractivity (Wildman–Crippen MR) is 77.2 cm³/mol. The molecule has 19 heavy (non-hydrogen) atoms. The van der Waals surface area contributed by atoms with Gasteiger partial charge in [0, 0.05) is 18.3 Å². The summed E-state index contributed by atoms with van der Waals surface area (Å²) in [6.45, 7) is 7.12. The first-order valence-corrected chi connectivity index (χ1v) is 6.86. The van der Waals surface area contributed by atoms with Gasteiger partial charge in [0.05, 0.1) is 18.5 Å². The summed E-state index contributed by atoms with van der Waals surface area (Å²) in [5.74, 6) is 0. The molecule has 2 aromatic rings. The van der Waals surface area contributed by atoms with E-state index in [0.717, 1.165) is 24.2 Å². The Labute approximate surface area is 114 Å². The van der Waals surface area contributed by atoms with Crippen molar-refractivity contribution in [1.29, 1.82) is 0 Å². The molecule has 0 aliphatic heterocycles. The van der Waals surface area contributed by atoms with E-state index in [4.69, 9.17) is 0 Å². The van der Waals surface area contributed by atoms with Crippen LogP contribution in [0.25, 0.3) is 5.65 Å². The van der Waals surface area contributed by atoms with E-state index in [-0.39, 0.29) is 12.1 Å². The summed E-state index contributed by atoms with van der Waals surface area (Å²) in [6.07, 6.45) is 5.95. The van der Waals surface area contributed by atoms with Crippen molar-refractivity contribution in [3.63, 3.8) is 0 Å². The van der Waals surface area contributed by atoms with Crippen molar-refractivity contribution < 1.29 is 5.11 Å². The van der Waals surface area contributed by atoms with Crippen molar-refractivity contribution in [2.75, 3.05) is 6.61 Å². The summed E-state index contributed by atoms with van der Waals surface area (Å²) in [5, 5.41) is 13.0. The molecule has 2 rings (SSSR count). The van der Waals surface area contributed by atoms with Crippen molar-refractivity contribution in [2.45, 2.75) is 45.7 Å². The molecule has 0 amide bonds. The highest BCUT2D eigenvalue weighted by molar-refractivity contribution is 5.42. The molecule has 1 unspecified atom stereocenters. The fourth-order valence-corrected chi connectivity index (χ4v) is 2.34. The number of nitrogens with one attached hydrogen (secondary N) is 1. The zero-order valence-electron chi connectivity index (χ0n) is 12.0. The van der Waals surface area contributed by atoms with E-state index in [0.29, 0.717) is 6.54 Å². The highest BCUT2D eigenvalue weighted by Crippen LogP contribution is 2.14. The minimum atomic E-state index is -0.219. The van der Waals surface area contributed by atoms with Crippen molar-refractivity contribution >= 4 is 5.65 Å². The maximum Gasteiger partial charge on any atom is 0.137 e. The summed E-state index contributed by atoms with van der Waals surface area (Å²) in [5.41, 5.74) is 3.08. The van der Waals surface area contributed by atoms with Gasteiger partial charge in [0.25, 0.3) is 0 Å². The molecule has 0 radical (unpaired) electrons. The summed E-state index contributed by atoms with van der Waals surface area (Å²) in [6, 6.07) is 4.15. The van der Waals surface area contributed by atoms with Gasteiger partial charge in [-0.3, -0.25) is 0 Å². The number of nitrogens with zero attached hydrogens (tertiary/aromatic N) is 2. The van der Waals surface area contributed by atoms with E-state index in [2.05, 4.69) is 47.6 Å². The molecular formula is C15H23N3O. The number of aliphatic hydroxyl groups is 1. The van der Waals surface area contributed by atoms with Gasteiger partial charge in [-0.2, -0.15) is 0 Å². The number of aliphatic hydroxyl groups excluding tert-OH is 1. The fraction of sp³-hybridized carbons (Fsp3) is 0.533. The zero-order valence-corrected chi connectivity index (χ0v) is 12.0. The third kappa shape index (κ3) is 3.14. The maximum absolute atomic E-state index is 9.51. The highest BCUT2D eigenvalue weighted by atomic mass is 16.3. The molecule has 0 spiro atoms. The summed E-state index contributed by atoms with van der Waals surface area (Å²) in [7, 11) is 0. The monoisotopic (exact) mass is 261 g/mol. The molecule has 2 aromatic heterocycles. The van der Waals surface area contributed by atoms with E-state index in [9.17, 15) is 5.11 Å². The minimum Gasteiger partial charge on any atom is -0.394 e. The minimum absolute atomic E-state index is 0.149. The van der Waals surface area contributed by atoms with E-state index < -0.39 is 0 Å². The first-order valence-electron chi connectivity index (χ1n) is 6.86. The first-order chi connectivity index (χ1) is 9.08. The van der Waals surface area contributed by atoms with Gasteiger partial charge in [-0.25, -0.2) is 4.98 Å². The van der Waals surface area contributed by atoms with Crippen LogP contribution in [0, 0.1) is 6.92 Å². The van der Waals surface area contributed by atoms with E-state index >= 15 is 0 Å². The van der Waals surface area contributed by atoms with Crippen molar-refractivity contribution in [1.82, 2.24) is 14.7 Å². The van der Waals surface area contributed by atoms with Crippen LogP contribution in [-0.2, 0) is 6.54 Å². The molecule has 104 valence electrons. The molecule has 2 N–H and O–H groups in total. The van der Waals surface area contributed by atoms with Gasteiger partial charge in [-0.1, -0.05) is 13.3 Å². The van der Waals surface area contributed by atoms with Crippen molar-refractivity contribution in [3.8, 4) is 0 Å². The van der Waals surface area contributed by atoms with Crippen LogP contribution in [0.2, 0.25) is 0 Å². The molecule has 0 bridgehead atoms. The van der Waals surface area contributed by atoms with Crippen LogP contribution in [0.5, 0.6) is 0 Å². The first kappa shape index (κ1) is 14.0. The standard InChI is InChI=1S/C15H23N3O/c1-4-6-15(3,11-19)17-10-13-9-16-14-8-12(2)5-7-18(13)14/h5,7-9,17,19H,4,6,10-11H2,1-3H3. The van der Waals surface area contributed by atoms with Crippen LogP contribution in [-0.4, -0.2) is 26.6 Å². The van der Waals surface area contributed by atoms with Crippen LogP contribution >= 0.6 is 0 Å². The van der Waals surface area contributed by atoms with Crippen LogP contribution in [0.3, 0.4) is 0 Å². The Hall–Kier alpha value is -1.39. The average molecular weight is 261 g/mol.